The average Bonchev–Trinajstić information content (AvgIpc) is 2.41. The zero-order chi connectivity index (χ0) is 14.0. The predicted molar refractivity (Wildman–Crippen MR) is 86.5 cm³/mol. The molecule has 1 heterocycles. The van der Waals surface area contributed by atoms with Crippen molar-refractivity contribution in [2.45, 2.75) is 25.8 Å². The number of hydrogen-bond acceptors (Lipinski definition) is 2. The molecule has 2 rings (SSSR count). The van der Waals surface area contributed by atoms with Gasteiger partial charge in [-0.25, -0.2) is 0 Å². The van der Waals surface area contributed by atoms with Crippen LogP contribution in [0.2, 0.25) is 0 Å². The summed E-state index contributed by atoms with van der Waals surface area (Å²) in [4.78, 5) is 16.8. The molecule has 1 amide bonds. The third-order valence-electron chi connectivity index (χ3n) is 3.90. The lowest BCUT2D eigenvalue weighted by Crippen LogP contribution is -2.44. The Morgan fingerprint density at radius 2 is 1.95 bits per heavy atom. The molecular weight excluding hydrogens is 351 g/mol. The van der Waals surface area contributed by atoms with Crippen LogP contribution in [0.4, 0.5) is 0 Å². The number of hydrogen-bond donors (Lipinski definition) is 0. The molecule has 104 valence electrons. The highest BCUT2D eigenvalue weighted by Gasteiger charge is 2.25. The second-order valence-corrected chi connectivity index (χ2v) is 6.50. The lowest BCUT2D eigenvalue weighted by molar-refractivity contribution is 0.0662. The number of rotatable bonds is 2. The monoisotopic (exact) mass is 372 g/mol. The molecule has 1 aliphatic rings. The molecule has 0 unspecified atom stereocenters. The van der Waals surface area contributed by atoms with E-state index in [9.17, 15) is 4.79 Å². The van der Waals surface area contributed by atoms with Crippen molar-refractivity contribution in [3.8, 4) is 0 Å². The molecule has 1 aliphatic heterocycles. The summed E-state index contributed by atoms with van der Waals surface area (Å²) in [6.45, 7) is 3.79. The molecular formula is C15H21IN2O. The fourth-order valence-electron chi connectivity index (χ4n) is 2.57. The summed E-state index contributed by atoms with van der Waals surface area (Å²) in [5.41, 5.74) is 2.03. The Labute approximate surface area is 129 Å². The molecule has 3 nitrogen and oxygen atoms in total. The predicted octanol–water partition coefficient (Wildman–Crippen LogP) is 2.77. The third kappa shape index (κ3) is 3.28. The summed E-state index contributed by atoms with van der Waals surface area (Å²) in [5, 5.41) is 0. The van der Waals surface area contributed by atoms with Crippen LogP contribution < -0.4 is 0 Å². The zero-order valence-corrected chi connectivity index (χ0v) is 14.0. The van der Waals surface area contributed by atoms with E-state index in [4.69, 9.17) is 0 Å². The summed E-state index contributed by atoms with van der Waals surface area (Å²) in [6.07, 6.45) is 2.14. The molecule has 0 atom stereocenters. The van der Waals surface area contributed by atoms with Gasteiger partial charge in [0.25, 0.3) is 5.91 Å². The number of carbonyl (C=O) groups excluding carboxylic acids is 1. The van der Waals surface area contributed by atoms with Gasteiger partial charge in [-0.1, -0.05) is 12.1 Å². The van der Waals surface area contributed by atoms with Gasteiger partial charge in [0.15, 0.2) is 0 Å². The third-order valence-corrected chi connectivity index (χ3v) is 5.34. The van der Waals surface area contributed by atoms with Crippen LogP contribution in [0.5, 0.6) is 0 Å². The highest BCUT2D eigenvalue weighted by molar-refractivity contribution is 14.1. The minimum absolute atomic E-state index is 0.185. The quantitative estimate of drug-likeness (QED) is 0.746. The summed E-state index contributed by atoms with van der Waals surface area (Å²) in [7, 11) is 4.23. The molecule has 0 aliphatic carbocycles. The van der Waals surface area contributed by atoms with Gasteiger partial charge in [-0.3, -0.25) is 4.79 Å². The Hall–Kier alpha value is -0.620. The number of halogens is 1. The van der Waals surface area contributed by atoms with Gasteiger partial charge < -0.3 is 9.80 Å². The van der Waals surface area contributed by atoms with Crippen LogP contribution in [-0.4, -0.2) is 48.9 Å². The van der Waals surface area contributed by atoms with Gasteiger partial charge in [-0.15, -0.1) is 0 Å². The molecule has 1 aromatic carbocycles. The average molecular weight is 372 g/mol. The lowest BCUT2D eigenvalue weighted by Gasteiger charge is -2.35. The first-order chi connectivity index (χ1) is 9.00. The minimum Gasteiger partial charge on any atom is -0.338 e. The fraction of sp³-hybridized carbons (Fsp3) is 0.533. The number of amides is 1. The number of aryl methyl sites for hydroxylation is 1. The highest BCUT2D eigenvalue weighted by Crippen LogP contribution is 2.21. The van der Waals surface area contributed by atoms with Crippen molar-refractivity contribution >= 4 is 28.5 Å². The number of nitrogens with zero attached hydrogens (tertiary/aromatic N) is 2. The molecule has 0 saturated carbocycles. The van der Waals surface area contributed by atoms with Crippen LogP contribution in [0.15, 0.2) is 18.2 Å². The van der Waals surface area contributed by atoms with E-state index in [0.29, 0.717) is 6.04 Å². The van der Waals surface area contributed by atoms with Gasteiger partial charge in [0.2, 0.25) is 0 Å². The Morgan fingerprint density at radius 3 is 2.53 bits per heavy atom. The van der Waals surface area contributed by atoms with E-state index in [1.807, 2.05) is 17.0 Å². The first-order valence-electron chi connectivity index (χ1n) is 6.71. The van der Waals surface area contributed by atoms with Crippen molar-refractivity contribution in [1.29, 1.82) is 0 Å². The normalized spacial score (nSPS) is 17.0. The van der Waals surface area contributed by atoms with Gasteiger partial charge in [-0.2, -0.15) is 0 Å². The second kappa shape index (κ2) is 6.22. The highest BCUT2D eigenvalue weighted by atomic mass is 127. The zero-order valence-electron chi connectivity index (χ0n) is 11.8. The Balaban J connectivity index is 2.07. The van der Waals surface area contributed by atoms with Crippen LogP contribution in [-0.2, 0) is 0 Å². The van der Waals surface area contributed by atoms with E-state index < -0.39 is 0 Å². The number of likely N-dealkylation sites (tertiary alicyclic amines) is 1. The van der Waals surface area contributed by atoms with Gasteiger partial charge in [-0.05, 0) is 68.1 Å². The minimum atomic E-state index is 0.185. The van der Waals surface area contributed by atoms with Gasteiger partial charge in [0.05, 0.1) is 5.56 Å². The maximum atomic E-state index is 12.6. The maximum Gasteiger partial charge on any atom is 0.254 e. The molecule has 4 heteroatoms. The molecule has 1 fully saturated rings. The molecule has 1 aromatic rings. The van der Waals surface area contributed by atoms with E-state index in [-0.39, 0.29) is 5.91 Å². The van der Waals surface area contributed by atoms with Crippen LogP contribution in [0.25, 0.3) is 0 Å². The molecule has 0 N–H and O–H groups in total. The van der Waals surface area contributed by atoms with Crippen molar-refractivity contribution in [2.75, 3.05) is 27.2 Å². The van der Waals surface area contributed by atoms with Gasteiger partial charge in [0, 0.05) is 22.7 Å². The largest absolute Gasteiger partial charge is 0.338 e. The Morgan fingerprint density at radius 1 is 1.32 bits per heavy atom. The molecule has 1 saturated heterocycles. The topological polar surface area (TPSA) is 23.6 Å². The first kappa shape index (κ1) is 14.8. The van der Waals surface area contributed by atoms with Crippen molar-refractivity contribution in [1.82, 2.24) is 9.80 Å². The van der Waals surface area contributed by atoms with Crippen molar-refractivity contribution in [2.24, 2.45) is 0 Å². The summed E-state index contributed by atoms with van der Waals surface area (Å²) >= 11 is 2.28. The van der Waals surface area contributed by atoms with E-state index in [1.165, 1.54) is 5.56 Å². The van der Waals surface area contributed by atoms with Crippen molar-refractivity contribution in [3.63, 3.8) is 0 Å². The molecule has 0 bridgehead atoms. The summed E-state index contributed by atoms with van der Waals surface area (Å²) < 4.78 is 1.08. The number of carbonyl (C=O) groups is 1. The van der Waals surface area contributed by atoms with Crippen LogP contribution in [0.3, 0.4) is 0 Å². The van der Waals surface area contributed by atoms with Gasteiger partial charge in [0.1, 0.15) is 0 Å². The van der Waals surface area contributed by atoms with Crippen LogP contribution >= 0.6 is 22.6 Å². The maximum absolute atomic E-state index is 12.6. The molecule has 0 radical (unpaired) electrons. The Kier molecular flexibility index (Phi) is 4.84. The smallest absolute Gasteiger partial charge is 0.254 e. The first-order valence-corrected chi connectivity index (χ1v) is 7.79. The summed E-state index contributed by atoms with van der Waals surface area (Å²) in [6, 6.07) is 6.57. The SMILES string of the molecule is Cc1cccc(C(=O)N2CCC(N(C)C)CC2)c1I. The van der Waals surface area contributed by atoms with E-state index in [2.05, 4.69) is 54.6 Å². The summed E-state index contributed by atoms with van der Waals surface area (Å²) in [5.74, 6) is 0.185. The van der Waals surface area contributed by atoms with Gasteiger partial charge >= 0.3 is 0 Å². The molecule has 19 heavy (non-hydrogen) atoms. The number of benzene rings is 1. The lowest BCUT2D eigenvalue weighted by atomic mass is 10.0. The van der Waals surface area contributed by atoms with E-state index in [1.54, 1.807) is 0 Å². The van der Waals surface area contributed by atoms with Crippen LogP contribution in [0.1, 0.15) is 28.8 Å². The molecule has 0 aromatic heterocycles. The van der Waals surface area contributed by atoms with E-state index >= 15 is 0 Å². The second-order valence-electron chi connectivity index (χ2n) is 5.42. The van der Waals surface area contributed by atoms with E-state index in [0.717, 1.165) is 35.1 Å². The van der Waals surface area contributed by atoms with Crippen molar-refractivity contribution in [3.05, 3.63) is 32.9 Å². The standard InChI is InChI=1S/C15H21IN2O/c1-11-5-4-6-13(14(11)16)15(19)18-9-7-12(8-10-18)17(2)3/h4-6,12H,7-10H2,1-3H3. The number of piperidine rings is 1. The van der Waals surface area contributed by atoms with Crippen molar-refractivity contribution < 1.29 is 4.79 Å². The van der Waals surface area contributed by atoms with Crippen LogP contribution in [0, 0.1) is 10.5 Å². The Bertz CT molecular complexity index is 465. The fourth-order valence-corrected chi connectivity index (χ4v) is 3.16. The molecule has 0 spiro atoms.